The summed E-state index contributed by atoms with van der Waals surface area (Å²) in [7, 11) is 3.21. The van der Waals surface area contributed by atoms with E-state index in [-0.39, 0.29) is 0 Å². The third kappa shape index (κ3) is 5.50. The molecule has 0 spiro atoms. The third-order valence-corrected chi connectivity index (χ3v) is 3.80. The van der Waals surface area contributed by atoms with Gasteiger partial charge in [0.25, 0.3) is 0 Å². The van der Waals surface area contributed by atoms with Gasteiger partial charge in [-0.15, -0.1) is 31.9 Å². The van der Waals surface area contributed by atoms with E-state index in [0.717, 1.165) is 10.5 Å². The minimum Gasteiger partial charge on any atom is -0.415 e. The van der Waals surface area contributed by atoms with Gasteiger partial charge < -0.3 is 4.39 Å². The molecule has 0 amide bonds. The molecule has 0 fully saturated rings. The number of hydrogen-bond acceptors (Lipinski definition) is 1. The van der Waals surface area contributed by atoms with Gasteiger partial charge in [-0.05, 0) is 10.5 Å². The second-order valence-corrected chi connectivity index (χ2v) is 9.40. The fraction of sp³-hybridized carbons (Fsp3) is 1.00. The molecule has 1 nitrogen and oxygen atoms in total. The van der Waals surface area contributed by atoms with Crippen LogP contribution in [0.2, 0.25) is 19.6 Å². The van der Waals surface area contributed by atoms with Crippen LogP contribution in [0.5, 0.6) is 0 Å². The van der Waals surface area contributed by atoms with Crippen molar-refractivity contribution in [2.45, 2.75) is 19.6 Å². The molecule has 6 heteroatoms. The smallest absolute Gasteiger partial charge is 0.200 e. The molecule has 0 aliphatic carbocycles. The highest BCUT2D eigenvalue weighted by atomic mass is 79.9. The SMILES string of the molecule is C[Si](C)(C)N([B]CBr)[B]CBr. The molecule has 0 heterocycles. The Balaban J connectivity index is 3.88. The van der Waals surface area contributed by atoms with Gasteiger partial charge in [0.15, 0.2) is 14.8 Å². The quantitative estimate of drug-likeness (QED) is 0.554. The Morgan fingerprint density at radius 3 is 1.64 bits per heavy atom. The summed E-state index contributed by atoms with van der Waals surface area (Å²) >= 11 is 6.80. The lowest BCUT2D eigenvalue weighted by atomic mass is 9.86. The molecule has 62 valence electrons. The van der Waals surface area contributed by atoms with Gasteiger partial charge in [0.1, 0.15) is 0 Å². The third-order valence-electron chi connectivity index (χ3n) is 1.31. The van der Waals surface area contributed by atoms with E-state index in [1.54, 1.807) is 0 Å². The van der Waals surface area contributed by atoms with Crippen molar-refractivity contribution in [1.82, 2.24) is 4.39 Å². The minimum atomic E-state index is -1.17. The lowest BCUT2D eigenvalue weighted by Gasteiger charge is -2.33. The van der Waals surface area contributed by atoms with Crippen LogP contribution in [-0.4, -0.2) is 37.9 Å². The van der Waals surface area contributed by atoms with E-state index >= 15 is 0 Å². The summed E-state index contributed by atoms with van der Waals surface area (Å²) in [5.74, 6) is 0. The lowest BCUT2D eigenvalue weighted by Crippen LogP contribution is -2.51. The van der Waals surface area contributed by atoms with Crippen LogP contribution in [0.1, 0.15) is 0 Å². The van der Waals surface area contributed by atoms with Gasteiger partial charge in [-0.1, -0.05) is 19.6 Å². The van der Waals surface area contributed by atoms with Crippen LogP contribution in [0.15, 0.2) is 0 Å². The highest BCUT2D eigenvalue weighted by Gasteiger charge is 2.22. The molecular formula is C5H13B2Br2NSi. The Morgan fingerprint density at radius 1 is 1.09 bits per heavy atom. The van der Waals surface area contributed by atoms with Crippen molar-refractivity contribution >= 4 is 54.9 Å². The molecule has 0 saturated heterocycles. The maximum atomic E-state index is 3.40. The molecule has 0 bridgehead atoms. The fourth-order valence-corrected chi connectivity index (χ4v) is 3.21. The van der Waals surface area contributed by atoms with E-state index in [0.29, 0.717) is 0 Å². The largest absolute Gasteiger partial charge is 0.415 e. The Bertz CT molecular complexity index is 103. The summed E-state index contributed by atoms with van der Waals surface area (Å²) in [6.07, 6.45) is 0. The number of nitrogens with zero attached hydrogens (tertiary/aromatic N) is 1. The van der Waals surface area contributed by atoms with Gasteiger partial charge in [0, 0.05) is 0 Å². The molecule has 0 aromatic heterocycles. The average molecular weight is 297 g/mol. The maximum Gasteiger partial charge on any atom is 0.200 e. The topological polar surface area (TPSA) is 3.24 Å². The summed E-state index contributed by atoms with van der Waals surface area (Å²) in [5, 5.41) is 1.86. The zero-order valence-corrected chi connectivity index (χ0v) is 11.4. The van der Waals surface area contributed by atoms with Gasteiger partial charge in [-0.3, -0.25) is 0 Å². The summed E-state index contributed by atoms with van der Waals surface area (Å²) in [6.45, 7) is 6.97. The van der Waals surface area contributed by atoms with Crippen LogP contribution in [0.4, 0.5) is 0 Å². The Kier molecular flexibility index (Phi) is 6.51. The van der Waals surface area contributed by atoms with Crippen molar-refractivity contribution in [3.8, 4) is 0 Å². The van der Waals surface area contributed by atoms with Crippen molar-refractivity contribution in [2.75, 3.05) is 10.5 Å². The fourth-order valence-electron chi connectivity index (χ4n) is 0.771. The zero-order chi connectivity index (χ0) is 8.91. The Labute approximate surface area is 89.2 Å². The first-order valence-electron chi connectivity index (χ1n) is 3.59. The normalized spacial score (nSPS) is 11.8. The van der Waals surface area contributed by atoms with Crippen LogP contribution in [-0.2, 0) is 0 Å². The second kappa shape index (κ2) is 5.83. The highest BCUT2D eigenvalue weighted by Crippen LogP contribution is 2.06. The average Bonchev–Trinajstić information content (AvgIpc) is 1.85. The van der Waals surface area contributed by atoms with Gasteiger partial charge in [-0.2, -0.15) is 0 Å². The summed E-state index contributed by atoms with van der Waals surface area (Å²) in [5.41, 5.74) is 0. The van der Waals surface area contributed by atoms with Gasteiger partial charge in [-0.25, -0.2) is 0 Å². The van der Waals surface area contributed by atoms with Crippen molar-refractivity contribution < 1.29 is 0 Å². The first kappa shape index (κ1) is 12.3. The van der Waals surface area contributed by atoms with Crippen LogP contribution < -0.4 is 0 Å². The molecule has 0 aromatic rings. The molecule has 0 aliphatic heterocycles. The predicted molar refractivity (Wildman–Crippen MR) is 64.3 cm³/mol. The van der Waals surface area contributed by atoms with Crippen molar-refractivity contribution in [2.24, 2.45) is 0 Å². The van der Waals surface area contributed by atoms with Crippen molar-refractivity contribution in [3.05, 3.63) is 0 Å². The van der Waals surface area contributed by atoms with Gasteiger partial charge in [0.05, 0.1) is 8.24 Å². The first-order valence-corrected chi connectivity index (χ1v) is 9.28. The summed E-state index contributed by atoms with van der Waals surface area (Å²) in [4.78, 5) is 0. The molecule has 0 atom stereocenters. The van der Waals surface area contributed by atoms with Crippen molar-refractivity contribution in [1.29, 1.82) is 0 Å². The first-order chi connectivity index (χ1) is 5.02. The number of rotatable bonds is 5. The molecule has 11 heavy (non-hydrogen) atoms. The van der Waals surface area contributed by atoms with Crippen LogP contribution in [0.25, 0.3) is 0 Å². The zero-order valence-electron chi connectivity index (χ0n) is 7.27. The summed E-state index contributed by atoms with van der Waals surface area (Å²) < 4.78 is 2.34. The molecular weight excluding hydrogens is 284 g/mol. The Hall–Kier alpha value is 1.27. The van der Waals surface area contributed by atoms with E-state index in [4.69, 9.17) is 0 Å². The molecule has 0 saturated carbocycles. The molecule has 2 radical (unpaired) electrons. The van der Waals surface area contributed by atoms with Gasteiger partial charge in [0.2, 0.25) is 0 Å². The van der Waals surface area contributed by atoms with E-state index in [1.165, 1.54) is 0 Å². The highest BCUT2D eigenvalue weighted by molar-refractivity contribution is 9.09. The molecule has 0 N–H and O–H groups in total. The molecule has 0 aliphatic rings. The number of hydrogen-bond donors (Lipinski definition) is 0. The Morgan fingerprint density at radius 2 is 1.45 bits per heavy atom. The minimum absolute atomic E-state index is 0.931. The lowest BCUT2D eigenvalue weighted by molar-refractivity contribution is 1.02. The molecule has 0 aromatic carbocycles. The van der Waals surface area contributed by atoms with Crippen molar-refractivity contribution in [3.63, 3.8) is 0 Å². The standard InChI is InChI=1S/C5H13B2Br2NSi/c1-11(2,3)10(6-4-8)7-5-9/h4-5H2,1-3H3. The van der Waals surface area contributed by atoms with E-state index in [1.807, 2.05) is 0 Å². The van der Waals surface area contributed by atoms with Crippen LogP contribution in [0, 0.1) is 0 Å². The maximum absolute atomic E-state index is 3.40. The van der Waals surface area contributed by atoms with E-state index in [9.17, 15) is 0 Å². The molecule has 0 rings (SSSR count). The second-order valence-electron chi connectivity index (χ2n) is 3.25. The van der Waals surface area contributed by atoms with E-state index in [2.05, 4.69) is 70.7 Å². The van der Waals surface area contributed by atoms with E-state index < -0.39 is 8.24 Å². The monoisotopic (exact) mass is 295 g/mol. The number of alkyl halides is 2. The molecule has 0 unspecified atom stereocenters. The summed E-state index contributed by atoms with van der Waals surface area (Å²) in [6, 6.07) is 0. The van der Waals surface area contributed by atoms with Crippen LogP contribution in [0.3, 0.4) is 0 Å². The predicted octanol–water partition coefficient (Wildman–Crippen LogP) is 2.07. The van der Waals surface area contributed by atoms with Gasteiger partial charge >= 0.3 is 0 Å². The van der Waals surface area contributed by atoms with Crippen LogP contribution >= 0.6 is 31.9 Å². The number of halogens is 2.